The van der Waals surface area contributed by atoms with Crippen LogP contribution in [0.4, 0.5) is 11.4 Å². The second kappa shape index (κ2) is 11.5. The summed E-state index contributed by atoms with van der Waals surface area (Å²) in [5.41, 5.74) is 6.17. The van der Waals surface area contributed by atoms with Gasteiger partial charge >= 0.3 is 11.9 Å². The third-order valence-electron chi connectivity index (χ3n) is 5.05. The lowest BCUT2D eigenvalue weighted by molar-refractivity contribution is -0.139. The molecule has 0 bridgehead atoms. The summed E-state index contributed by atoms with van der Waals surface area (Å²) in [6, 6.07) is 24.2. The maximum Gasteiger partial charge on any atom is 0.330 e. The molecule has 3 aromatic rings. The summed E-state index contributed by atoms with van der Waals surface area (Å²) in [7, 11) is 0. The van der Waals surface area contributed by atoms with Gasteiger partial charge in [-0.05, 0) is 47.9 Å². The first-order valence-corrected chi connectivity index (χ1v) is 10.6. The molecule has 33 heavy (non-hydrogen) atoms. The Morgan fingerprint density at radius 1 is 0.697 bits per heavy atom. The highest BCUT2D eigenvalue weighted by Crippen LogP contribution is 2.28. The molecule has 5 nitrogen and oxygen atoms in total. The van der Waals surface area contributed by atoms with Crippen LogP contribution in [0.5, 0.6) is 0 Å². The molecule has 0 saturated carbocycles. The molecular weight excluding hydrogens is 414 g/mol. The Kier molecular flexibility index (Phi) is 8.19. The lowest BCUT2D eigenvalue weighted by Crippen LogP contribution is -2.16. The minimum Gasteiger partial charge on any atom is -0.458 e. The predicted octanol–water partition coefficient (Wildman–Crippen LogP) is 5.79. The van der Waals surface area contributed by atoms with Gasteiger partial charge in [-0.2, -0.15) is 0 Å². The predicted molar refractivity (Wildman–Crippen MR) is 130 cm³/mol. The second-order valence-corrected chi connectivity index (χ2v) is 7.53. The van der Waals surface area contributed by atoms with Crippen molar-refractivity contribution in [1.82, 2.24) is 0 Å². The van der Waals surface area contributed by atoms with E-state index in [-0.39, 0.29) is 13.2 Å². The van der Waals surface area contributed by atoms with Gasteiger partial charge in [-0.3, -0.25) is 0 Å². The molecule has 3 aromatic carbocycles. The van der Waals surface area contributed by atoms with Crippen molar-refractivity contribution >= 4 is 23.3 Å². The molecule has 0 fully saturated rings. The number of benzene rings is 3. The number of ether oxygens (including phenoxy) is 2. The molecule has 3 rings (SSSR count). The van der Waals surface area contributed by atoms with Crippen LogP contribution in [0.25, 0.3) is 0 Å². The van der Waals surface area contributed by atoms with Gasteiger partial charge in [0.15, 0.2) is 0 Å². The normalized spacial score (nSPS) is 10.2. The fourth-order valence-electron chi connectivity index (χ4n) is 3.18. The Labute approximate surface area is 194 Å². The van der Waals surface area contributed by atoms with Crippen molar-refractivity contribution in [1.29, 1.82) is 0 Å². The number of anilines is 2. The molecule has 0 saturated heterocycles. The van der Waals surface area contributed by atoms with Crippen molar-refractivity contribution in [3.8, 4) is 0 Å². The summed E-state index contributed by atoms with van der Waals surface area (Å²) in [5, 5.41) is 0. The van der Waals surface area contributed by atoms with Crippen LogP contribution in [0.3, 0.4) is 0 Å². The third kappa shape index (κ3) is 6.94. The number of carbonyl (C=O) groups excluding carboxylic acids is 2. The van der Waals surface area contributed by atoms with Gasteiger partial charge in [0.1, 0.15) is 13.2 Å². The molecular formula is C28H27NO4. The fourth-order valence-corrected chi connectivity index (χ4v) is 3.18. The number of nitrogens with zero attached hydrogens (tertiary/aromatic N) is 1. The number of hydrogen-bond donors (Lipinski definition) is 0. The molecule has 0 aromatic heterocycles. The first-order chi connectivity index (χ1) is 16.0. The van der Waals surface area contributed by atoms with Crippen molar-refractivity contribution in [3.05, 3.63) is 120 Å². The second-order valence-electron chi connectivity index (χ2n) is 7.53. The molecule has 0 unspecified atom stereocenters. The molecule has 0 aliphatic rings. The van der Waals surface area contributed by atoms with Gasteiger partial charge in [-0.25, -0.2) is 9.59 Å². The molecule has 0 radical (unpaired) electrons. The van der Waals surface area contributed by atoms with Crippen LogP contribution in [0.15, 0.2) is 98.1 Å². The van der Waals surface area contributed by atoms with Gasteiger partial charge in [-0.1, -0.05) is 67.3 Å². The maximum absolute atomic E-state index is 11.3. The van der Waals surface area contributed by atoms with E-state index in [0.29, 0.717) is 6.54 Å². The summed E-state index contributed by atoms with van der Waals surface area (Å²) in [4.78, 5) is 24.8. The number of hydrogen-bond acceptors (Lipinski definition) is 5. The molecule has 0 N–H and O–H groups in total. The van der Waals surface area contributed by atoms with E-state index in [9.17, 15) is 9.59 Å². The van der Waals surface area contributed by atoms with Crippen LogP contribution in [0.1, 0.15) is 22.3 Å². The number of carbonyl (C=O) groups is 2. The first-order valence-electron chi connectivity index (χ1n) is 10.6. The van der Waals surface area contributed by atoms with Gasteiger partial charge in [-0.15, -0.1) is 0 Å². The summed E-state index contributed by atoms with van der Waals surface area (Å²) < 4.78 is 10.2. The van der Waals surface area contributed by atoms with Crippen LogP contribution in [-0.4, -0.2) is 11.9 Å². The lowest BCUT2D eigenvalue weighted by Gasteiger charge is -2.26. The largest absolute Gasteiger partial charge is 0.458 e. The van der Waals surface area contributed by atoms with Gasteiger partial charge < -0.3 is 14.4 Å². The van der Waals surface area contributed by atoms with Crippen molar-refractivity contribution in [2.75, 3.05) is 4.90 Å². The zero-order valence-electron chi connectivity index (χ0n) is 18.7. The minimum absolute atomic E-state index is 0.196. The highest BCUT2D eigenvalue weighted by atomic mass is 16.5. The van der Waals surface area contributed by atoms with E-state index in [1.165, 1.54) is 11.1 Å². The van der Waals surface area contributed by atoms with E-state index >= 15 is 0 Å². The number of aryl methyl sites for hydroxylation is 1. The molecule has 168 valence electrons. The van der Waals surface area contributed by atoms with Gasteiger partial charge in [0.05, 0.1) is 0 Å². The minimum atomic E-state index is -0.445. The summed E-state index contributed by atoms with van der Waals surface area (Å²) in [6.45, 7) is 9.95. The van der Waals surface area contributed by atoms with Crippen molar-refractivity contribution in [3.63, 3.8) is 0 Å². The highest BCUT2D eigenvalue weighted by Gasteiger charge is 2.12. The Balaban J connectivity index is 1.82. The standard InChI is InChI=1S/C28H27NO4/c1-4-27(30)32-19-23-10-14-25(15-11-23)29(18-22-8-6-21(3)7-9-22)26-16-12-24(13-17-26)20-33-28(31)5-2/h4-17H,1-2,18-20H2,3H3. The van der Waals surface area contributed by atoms with Crippen LogP contribution in [0, 0.1) is 6.92 Å². The van der Waals surface area contributed by atoms with Crippen molar-refractivity contribution < 1.29 is 19.1 Å². The number of rotatable bonds is 10. The van der Waals surface area contributed by atoms with Crippen molar-refractivity contribution in [2.24, 2.45) is 0 Å². The fraction of sp³-hybridized carbons (Fsp3) is 0.143. The SMILES string of the molecule is C=CC(=O)OCc1ccc(N(Cc2ccc(C)cc2)c2ccc(COC(=O)C=C)cc2)cc1. The average molecular weight is 442 g/mol. The van der Waals surface area contributed by atoms with Gasteiger partial charge in [0.25, 0.3) is 0 Å². The quantitative estimate of drug-likeness (QED) is 0.294. The Bertz CT molecular complexity index is 1030. The van der Waals surface area contributed by atoms with Crippen molar-refractivity contribution in [2.45, 2.75) is 26.7 Å². The molecule has 0 aliphatic carbocycles. The van der Waals surface area contributed by atoms with Crippen LogP contribution < -0.4 is 4.90 Å². The van der Waals surface area contributed by atoms with E-state index in [0.717, 1.165) is 34.7 Å². The van der Waals surface area contributed by atoms with E-state index in [1.807, 2.05) is 48.5 Å². The number of esters is 2. The molecule has 0 aliphatic heterocycles. The lowest BCUT2D eigenvalue weighted by atomic mass is 10.1. The highest BCUT2D eigenvalue weighted by molar-refractivity contribution is 5.81. The zero-order chi connectivity index (χ0) is 23.6. The molecule has 0 heterocycles. The first kappa shape index (κ1) is 23.5. The maximum atomic E-state index is 11.3. The van der Waals surface area contributed by atoms with Gasteiger partial charge in [0, 0.05) is 30.1 Å². The van der Waals surface area contributed by atoms with E-state index in [4.69, 9.17) is 9.47 Å². The van der Waals surface area contributed by atoms with E-state index in [2.05, 4.69) is 49.2 Å². The van der Waals surface area contributed by atoms with Crippen LogP contribution >= 0.6 is 0 Å². The molecule has 0 amide bonds. The molecule has 5 heteroatoms. The third-order valence-corrected chi connectivity index (χ3v) is 5.05. The molecule has 0 atom stereocenters. The van der Waals surface area contributed by atoms with Crippen LogP contribution in [0.2, 0.25) is 0 Å². The van der Waals surface area contributed by atoms with E-state index < -0.39 is 11.9 Å². The monoisotopic (exact) mass is 441 g/mol. The van der Waals surface area contributed by atoms with Gasteiger partial charge in [0.2, 0.25) is 0 Å². The Hall–Kier alpha value is -4.12. The van der Waals surface area contributed by atoms with Crippen LogP contribution in [-0.2, 0) is 38.8 Å². The Morgan fingerprint density at radius 3 is 1.48 bits per heavy atom. The zero-order valence-corrected chi connectivity index (χ0v) is 18.7. The summed E-state index contributed by atoms with van der Waals surface area (Å²) >= 11 is 0. The topological polar surface area (TPSA) is 55.8 Å². The summed E-state index contributed by atoms with van der Waals surface area (Å²) in [5.74, 6) is -0.891. The smallest absolute Gasteiger partial charge is 0.330 e. The Morgan fingerprint density at radius 2 is 1.09 bits per heavy atom. The summed E-state index contributed by atoms with van der Waals surface area (Å²) in [6.07, 6.45) is 2.30. The average Bonchev–Trinajstić information content (AvgIpc) is 2.86. The van der Waals surface area contributed by atoms with E-state index in [1.54, 1.807) is 0 Å². The molecule has 0 spiro atoms.